The van der Waals surface area contributed by atoms with E-state index in [1.54, 1.807) is 32.0 Å². The van der Waals surface area contributed by atoms with E-state index in [1.807, 2.05) is 0 Å². The quantitative estimate of drug-likeness (QED) is 0.409. The molecule has 0 bridgehead atoms. The molecule has 160 valence electrons. The Hall–Kier alpha value is -3.73. The number of anilines is 1. The molecule has 2 amide bonds. The first kappa shape index (κ1) is 20.5. The number of benzene rings is 1. The van der Waals surface area contributed by atoms with E-state index in [2.05, 4.69) is 25.8 Å². The van der Waals surface area contributed by atoms with Gasteiger partial charge in [-0.3, -0.25) is 14.4 Å². The molecule has 0 radical (unpaired) electrons. The van der Waals surface area contributed by atoms with E-state index in [1.165, 1.54) is 18.4 Å². The van der Waals surface area contributed by atoms with Gasteiger partial charge in [-0.15, -0.1) is 11.3 Å². The number of nitrogens with one attached hydrogen (secondary N) is 3. The highest BCUT2D eigenvalue weighted by molar-refractivity contribution is 7.20. The summed E-state index contributed by atoms with van der Waals surface area (Å²) in [6, 6.07) is 5.23. The minimum Gasteiger partial charge on any atom is -0.482 e. The second-order valence-electron chi connectivity index (χ2n) is 6.86. The minimum absolute atomic E-state index is 0.0225. The molecule has 3 N–H and O–H groups in total. The van der Waals surface area contributed by atoms with Crippen LogP contribution in [0.2, 0.25) is 0 Å². The van der Waals surface area contributed by atoms with E-state index in [0.717, 1.165) is 16.0 Å². The molecule has 1 aliphatic rings. The van der Waals surface area contributed by atoms with Crippen molar-refractivity contribution in [2.24, 2.45) is 5.16 Å². The molecule has 2 aromatic heterocycles. The maximum atomic E-state index is 12.6. The number of carbonyl (C=O) groups is 2. The van der Waals surface area contributed by atoms with Crippen LogP contribution in [0.3, 0.4) is 0 Å². The third-order valence-corrected chi connectivity index (χ3v) is 6.00. The molecule has 1 aliphatic heterocycles. The lowest BCUT2D eigenvalue weighted by atomic mass is 10.1. The third kappa shape index (κ3) is 3.99. The molecular weight excluding hydrogens is 422 g/mol. The average Bonchev–Trinajstić information content (AvgIpc) is 3.08. The van der Waals surface area contributed by atoms with Gasteiger partial charge in [-0.25, -0.2) is 4.98 Å². The lowest BCUT2D eigenvalue weighted by Crippen LogP contribution is -2.28. The Bertz CT molecular complexity index is 1290. The summed E-state index contributed by atoms with van der Waals surface area (Å²) in [7, 11) is 1.45. The molecule has 10 nitrogen and oxygen atoms in total. The smallest absolute Gasteiger partial charge is 0.287 e. The van der Waals surface area contributed by atoms with Crippen LogP contribution in [-0.2, 0) is 16.2 Å². The first-order chi connectivity index (χ1) is 14.9. The fraction of sp³-hybridized carbons (Fsp3) is 0.250. The predicted molar refractivity (Wildman–Crippen MR) is 116 cm³/mol. The lowest BCUT2D eigenvalue weighted by Gasteiger charge is -2.18. The van der Waals surface area contributed by atoms with Gasteiger partial charge in [0, 0.05) is 6.54 Å². The number of nitrogens with zero attached hydrogens (tertiary/aromatic N) is 2. The number of hydrogen-bond acceptors (Lipinski definition) is 8. The van der Waals surface area contributed by atoms with E-state index in [9.17, 15) is 14.4 Å². The summed E-state index contributed by atoms with van der Waals surface area (Å²) in [5.74, 6) is -0.268. The standard InChI is InChI=1S/C20H19N5O5S/c1-9-15-18(27)23-17(24-20(15)31-16(9)10(2)25-29-3)19(28)21-7-11-4-5-13-12(6-11)22-14(26)8-30-13/h4-6H,7-8H2,1-3H3,(H,21,28)(H,22,26)(H,23,24,27)/b25-10+. The highest BCUT2D eigenvalue weighted by Gasteiger charge is 2.19. The summed E-state index contributed by atoms with van der Waals surface area (Å²) >= 11 is 1.27. The number of aromatic amines is 1. The minimum atomic E-state index is -0.521. The van der Waals surface area contributed by atoms with Gasteiger partial charge >= 0.3 is 0 Å². The number of H-pyrrole nitrogens is 1. The van der Waals surface area contributed by atoms with Gasteiger partial charge in [0.15, 0.2) is 6.61 Å². The highest BCUT2D eigenvalue weighted by atomic mass is 32.1. The van der Waals surface area contributed by atoms with Crippen LogP contribution >= 0.6 is 11.3 Å². The number of aromatic nitrogens is 2. The predicted octanol–water partition coefficient (Wildman–Crippen LogP) is 1.92. The van der Waals surface area contributed by atoms with Gasteiger partial charge in [0.25, 0.3) is 17.4 Å². The van der Waals surface area contributed by atoms with Gasteiger partial charge in [0.05, 0.1) is 21.7 Å². The zero-order valence-corrected chi connectivity index (χ0v) is 17.8. The summed E-state index contributed by atoms with van der Waals surface area (Å²) in [5, 5.41) is 9.78. The second kappa shape index (κ2) is 8.19. The van der Waals surface area contributed by atoms with Crippen LogP contribution < -0.4 is 20.9 Å². The Balaban J connectivity index is 1.56. The van der Waals surface area contributed by atoms with Crippen LogP contribution in [0.5, 0.6) is 5.75 Å². The Morgan fingerprint density at radius 1 is 1.39 bits per heavy atom. The van der Waals surface area contributed by atoms with Gasteiger partial charge in [0.2, 0.25) is 5.82 Å². The van der Waals surface area contributed by atoms with Gasteiger partial charge in [-0.1, -0.05) is 11.2 Å². The van der Waals surface area contributed by atoms with Crippen molar-refractivity contribution in [3.05, 3.63) is 50.4 Å². The molecule has 0 spiro atoms. The number of aryl methyl sites for hydroxylation is 1. The van der Waals surface area contributed by atoms with Crippen LogP contribution in [-0.4, -0.2) is 41.2 Å². The Morgan fingerprint density at radius 3 is 2.97 bits per heavy atom. The fourth-order valence-corrected chi connectivity index (χ4v) is 4.40. The average molecular weight is 441 g/mol. The van der Waals surface area contributed by atoms with Crippen molar-refractivity contribution in [3.8, 4) is 5.75 Å². The number of fused-ring (bicyclic) bond motifs is 2. The van der Waals surface area contributed by atoms with E-state index >= 15 is 0 Å². The number of amides is 2. The van der Waals surface area contributed by atoms with Crippen LogP contribution in [0.25, 0.3) is 10.2 Å². The highest BCUT2D eigenvalue weighted by Crippen LogP contribution is 2.29. The van der Waals surface area contributed by atoms with E-state index in [-0.39, 0.29) is 24.9 Å². The van der Waals surface area contributed by atoms with Gasteiger partial charge in [0.1, 0.15) is 17.7 Å². The molecule has 3 aromatic rings. The van der Waals surface area contributed by atoms with E-state index in [0.29, 0.717) is 27.4 Å². The number of oxime groups is 1. The molecule has 31 heavy (non-hydrogen) atoms. The summed E-state index contributed by atoms with van der Waals surface area (Å²) in [4.78, 5) is 49.6. The molecule has 0 fully saturated rings. The van der Waals surface area contributed by atoms with E-state index in [4.69, 9.17) is 9.57 Å². The molecule has 0 atom stereocenters. The Morgan fingerprint density at radius 2 is 2.19 bits per heavy atom. The van der Waals surface area contributed by atoms with Crippen molar-refractivity contribution in [1.82, 2.24) is 15.3 Å². The lowest BCUT2D eigenvalue weighted by molar-refractivity contribution is -0.118. The molecule has 0 saturated heterocycles. The topological polar surface area (TPSA) is 135 Å². The number of ether oxygens (including phenoxy) is 1. The zero-order valence-electron chi connectivity index (χ0n) is 17.0. The molecule has 3 heterocycles. The summed E-state index contributed by atoms with van der Waals surface area (Å²) in [6.07, 6.45) is 0. The molecule has 0 aliphatic carbocycles. The van der Waals surface area contributed by atoms with Crippen molar-refractivity contribution >= 4 is 44.8 Å². The second-order valence-corrected chi connectivity index (χ2v) is 7.86. The number of rotatable bonds is 5. The Labute approximate surface area is 180 Å². The van der Waals surface area contributed by atoms with Crippen LogP contribution in [0.15, 0.2) is 28.1 Å². The van der Waals surface area contributed by atoms with E-state index < -0.39 is 11.5 Å². The van der Waals surface area contributed by atoms with Crippen molar-refractivity contribution in [2.75, 3.05) is 19.0 Å². The van der Waals surface area contributed by atoms with Gasteiger partial charge in [-0.05, 0) is 37.1 Å². The molecule has 0 saturated carbocycles. The maximum Gasteiger partial charge on any atom is 0.287 e. The van der Waals surface area contributed by atoms with Gasteiger partial charge in [-0.2, -0.15) is 0 Å². The zero-order chi connectivity index (χ0) is 22.1. The number of thiophene rings is 1. The first-order valence-corrected chi connectivity index (χ1v) is 10.1. The third-order valence-electron chi connectivity index (χ3n) is 4.70. The van der Waals surface area contributed by atoms with Crippen molar-refractivity contribution < 1.29 is 19.2 Å². The largest absolute Gasteiger partial charge is 0.482 e. The molecule has 4 rings (SSSR count). The van der Waals surface area contributed by atoms with Gasteiger partial charge < -0.3 is 25.2 Å². The summed E-state index contributed by atoms with van der Waals surface area (Å²) < 4.78 is 5.32. The summed E-state index contributed by atoms with van der Waals surface area (Å²) in [5.41, 5.74) is 2.26. The molecule has 11 heteroatoms. The van der Waals surface area contributed by atoms with Crippen molar-refractivity contribution in [2.45, 2.75) is 20.4 Å². The first-order valence-electron chi connectivity index (χ1n) is 9.32. The van der Waals surface area contributed by atoms with Crippen LogP contribution in [0.1, 0.15) is 33.5 Å². The van der Waals surface area contributed by atoms with Crippen molar-refractivity contribution in [1.29, 1.82) is 0 Å². The van der Waals surface area contributed by atoms with Crippen LogP contribution in [0, 0.1) is 6.92 Å². The SMILES string of the molecule is CO/N=C(\C)c1sc2nc(C(=O)NCc3ccc4c(c3)NC(=O)CO4)[nH]c(=O)c2c1C. The molecule has 0 unspecified atom stereocenters. The summed E-state index contributed by atoms with van der Waals surface area (Å²) in [6.45, 7) is 3.73. The normalized spacial score (nSPS) is 13.4. The Kier molecular flexibility index (Phi) is 5.42. The van der Waals surface area contributed by atoms with Crippen LogP contribution in [0.4, 0.5) is 5.69 Å². The number of hydrogen-bond donors (Lipinski definition) is 3. The van der Waals surface area contributed by atoms with Crippen molar-refractivity contribution in [3.63, 3.8) is 0 Å². The number of carbonyl (C=O) groups excluding carboxylic acids is 2. The maximum absolute atomic E-state index is 12.6. The molecular formula is C20H19N5O5S. The monoisotopic (exact) mass is 441 g/mol. The fourth-order valence-electron chi connectivity index (χ4n) is 3.28. The molecule has 1 aromatic carbocycles.